The largest absolute Gasteiger partial charge is 0.505 e. The van der Waals surface area contributed by atoms with Crippen LogP contribution >= 0.6 is 0 Å². The molecule has 4 rings (SSSR count). The number of fused-ring (bicyclic) bond motifs is 1. The molecule has 2 aromatic carbocycles. The molecule has 4 aromatic rings. The zero-order valence-corrected chi connectivity index (χ0v) is 16.5. The van der Waals surface area contributed by atoms with Crippen molar-refractivity contribution in [1.82, 2.24) is 9.97 Å². The third kappa shape index (κ3) is 3.77. The first kappa shape index (κ1) is 19.3. The SMILES string of the molecule is Cc1ccnc(N[C@H](c2cccc([N+](=O)[O-])c2)c2ccc3ccc(C)nc3c2O)c1. The summed E-state index contributed by atoms with van der Waals surface area (Å²) in [5, 5.41) is 26.5. The second-order valence-corrected chi connectivity index (χ2v) is 7.18. The van der Waals surface area contributed by atoms with E-state index in [-0.39, 0.29) is 11.4 Å². The third-order valence-corrected chi connectivity index (χ3v) is 4.94. The number of nitrogens with one attached hydrogen (secondary N) is 1. The molecule has 2 aromatic heterocycles. The highest BCUT2D eigenvalue weighted by atomic mass is 16.6. The van der Waals surface area contributed by atoms with Crippen molar-refractivity contribution in [2.24, 2.45) is 0 Å². The molecule has 2 N–H and O–H groups in total. The maximum atomic E-state index is 11.3. The van der Waals surface area contributed by atoms with E-state index in [0.29, 0.717) is 22.5 Å². The van der Waals surface area contributed by atoms with Crippen LogP contribution in [0.4, 0.5) is 11.5 Å². The maximum absolute atomic E-state index is 11.3. The van der Waals surface area contributed by atoms with Crippen LogP contribution in [0.3, 0.4) is 0 Å². The first-order valence-corrected chi connectivity index (χ1v) is 9.45. The Bertz CT molecular complexity index is 1260. The first-order valence-electron chi connectivity index (χ1n) is 9.45. The fraction of sp³-hybridized carbons (Fsp3) is 0.130. The maximum Gasteiger partial charge on any atom is 0.269 e. The lowest BCUT2D eigenvalue weighted by Gasteiger charge is -2.22. The fourth-order valence-corrected chi connectivity index (χ4v) is 3.44. The van der Waals surface area contributed by atoms with E-state index in [1.54, 1.807) is 24.4 Å². The average molecular weight is 400 g/mol. The molecule has 30 heavy (non-hydrogen) atoms. The van der Waals surface area contributed by atoms with Gasteiger partial charge in [-0.05, 0) is 43.2 Å². The van der Waals surface area contributed by atoms with Crippen LogP contribution < -0.4 is 5.32 Å². The molecular weight excluding hydrogens is 380 g/mol. The van der Waals surface area contributed by atoms with E-state index in [1.165, 1.54) is 12.1 Å². The Kier molecular flexibility index (Phi) is 5.02. The van der Waals surface area contributed by atoms with E-state index in [1.807, 2.05) is 44.2 Å². The summed E-state index contributed by atoms with van der Waals surface area (Å²) in [4.78, 5) is 19.7. The van der Waals surface area contributed by atoms with Crippen molar-refractivity contribution >= 4 is 22.4 Å². The van der Waals surface area contributed by atoms with Crippen LogP contribution in [0, 0.1) is 24.0 Å². The topological polar surface area (TPSA) is 101 Å². The summed E-state index contributed by atoms with van der Waals surface area (Å²) in [6.45, 7) is 3.81. The van der Waals surface area contributed by atoms with E-state index in [0.717, 1.165) is 16.6 Å². The van der Waals surface area contributed by atoms with Gasteiger partial charge in [-0.25, -0.2) is 9.97 Å². The minimum absolute atomic E-state index is 0.0225. The summed E-state index contributed by atoms with van der Waals surface area (Å²) in [6.07, 6.45) is 1.69. The highest BCUT2D eigenvalue weighted by Crippen LogP contribution is 2.37. The van der Waals surface area contributed by atoms with Gasteiger partial charge in [0.15, 0.2) is 0 Å². The van der Waals surface area contributed by atoms with Crippen molar-refractivity contribution in [3.63, 3.8) is 0 Å². The molecule has 2 heterocycles. The molecule has 0 spiro atoms. The van der Waals surface area contributed by atoms with Gasteiger partial charge < -0.3 is 10.4 Å². The van der Waals surface area contributed by atoms with Crippen molar-refractivity contribution in [3.8, 4) is 5.75 Å². The van der Waals surface area contributed by atoms with E-state index in [4.69, 9.17) is 0 Å². The number of aromatic hydroxyl groups is 1. The number of nitrogens with zero attached hydrogens (tertiary/aromatic N) is 3. The summed E-state index contributed by atoms with van der Waals surface area (Å²) < 4.78 is 0. The highest BCUT2D eigenvalue weighted by molar-refractivity contribution is 5.86. The first-order chi connectivity index (χ1) is 14.4. The van der Waals surface area contributed by atoms with Crippen LogP contribution in [0.2, 0.25) is 0 Å². The number of non-ortho nitro benzene ring substituents is 1. The summed E-state index contributed by atoms with van der Waals surface area (Å²) >= 11 is 0. The molecule has 0 radical (unpaired) electrons. The Morgan fingerprint density at radius 1 is 1.07 bits per heavy atom. The van der Waals surface area contributed by atoms with Crippen molar-refractivity contribution in [2.75, 3.05) is 5.32 Å². The van der Waals surface area contributed by atoms with Gasteiger partial charge in [-0.2, -0.15) is 0 Å². The summed E-state index contributed by atoms with van der Waals surface area (Å²) in [5.41, 5.74) is 3.47. The van der Waals surface area contributed by atoms with E-state index in [9.17, 15) is 15.2 Å². The number of benzene rings is 2. The quantitative estimate of drug-likeness (QED) is 0.359. The number of aromatic nitrogens is 2. The molecule has 0 aliphatic heterocycles. The van der Waals surface area contributed by atoms with Gasteiger partial charge in [0.05, 0.1) is 11.0 Å². The lowest BCUT2D eigenvalue weighted by molar-refractivity contribution is -0.384. The number of anilines is 1. The Balaban J connectivity index is 1.89. The lowest BCUT2D eigenvalue weighted by Crippen LogP contribution is -2.14. The minimum Gasteiger partial charge on any atom is -0.505 e. The van der Waals surface area contributed by atoms with Gasteiger partial charge in [0.1, 0.15) is 17.1 Å². The molecule has 0 saturated carbocycles. The number of pyridine rings is 2. The molecule has 0 aliphatic carbocycles. The monoisotopic (exact) mass is 400 g/mol. The number of nitro groups is 1. The minimum atomic E-state index is -0.564. The van der Waals surface area contributed by atoms with Crippen LogP contribution in [-0.2, 0) is 0 Å². The molecule has 7 nitrogen and oxygen atoms in total. The lowest BCUT2D eigenvalue weighted by atomic mass is 9.95. The number of hydrogen-bond acceptors (Lipinski definition) is 6. The molecule has 0 amide bonds. The Hall–Kier alpha value is -4.00. The predicted octanol–water partition coefficient (Wildman–Crippen LogP) is 5.06. The number of aryl methyl sites for hydroxylation is 2. The van der Waals surface area contributed by atoms with Crippen LogP contribution in [-0.4, -0.2) is 20.0 Å². The highest BCUT2D eigenvalue weighted by Gasteiger charge is 2.22. The Labute approximate surface area is 173 Å². The molecule has 150 valence electrons. The standard InChI is InChI=1S/C23H20N4O3/c1-14-10-11-24-20(12-14)26-21(17-4-3-5-18(13-17)27(29)30)19-9-8-16-7-6-15(2)25-22(16)23(19)28/h3-13,21,28H,1-2H3,(H,24,26)/t21-/m1/s1. The van der Waals surface area contributed by atoms with Crippen LogP contribution in [0.25, 0.3) is 10.9 Å². The molecule has 1 atom stereocenters. The van der Waals surface area contributed by atoms with E-state index >= 15 is 0 Å². The molecule has 0 aliphatic rings. The number of phenols is 1. The Morgan fingerprint density at radius 3 is 2.63 bits per heavy atom. The Morgan fingerprint density at radius 2 is 1.87 bits per heavy atom. The van der Waals surface area contributed by atoms with E-state index in [2.05, 4.69) is 15.3 Å². The number of hydrogen-bond donors (Lipinski definition) is 2. The second kappa shape index (κ2) is 7.79. The predicted molar refractivity (Wildman–Crippen MR) is 116 cm³/mol. The van der Waals surface area contributed by atoms with Crippen LogP contribution in [0.5, 0.6) is 5.75 Å². The fourth-order valence-electron chi connectivity index (χ4n) is 3.44. The summed E-state index contributed by atoms with van der Waals surface area (Å²) in [5.74, 6) is 0.635. The van der Waals surface area contributed by atoms with Crippen LogP contribution in [0.1, 0.15) is 28.4 Å². The summed E-state index contributed by atoms with van der Waals surface area (Å²) in [6, 6.07) is 17.0. The van der Waals surface area contributed by atoms with Gasteiger partial charge in [-0.3, -0.25) is 10.1 Å². The van der Waals surface area contributed by atoms with Gasteiger partial charge in [0.25, 0.3) is 5.69 Å². The van der Waals surface area contributed by atoms with Gasteiger partial charge in [-0.1, -0.05) is 30.3 Å². The molecule has 0 fully saturated rings. The van der Waals surface area contributed by atoms with Crippen molar-refractivity contribution in [3.05, 3.63) is 99.4 Å². The third-order valence-electron chi connectivity index (χ3n) is 4.94. The summed E-state index contributed by atoms with van der Waals surface area (Å²) in [7, 11) is 0. The molecule has 7 heteroatoms. The zero-order valence-electron chi connectivity index (χ0n) is 16.5. The van der Waals surface area contributed by atoms with Crippen molar-refractivity contribution < 1.29 is 10.0 Å². The molecule has 0 bridgehead atoms. The average Bonchev–Trinajstić information content (AvgIpc) is 2.73. The molecule has 0 saturated heterocycles. The van der Waals surface area contributed by atoms with Crippen LogP contribution in [0.15, 0.2) is 66.9 Å². The molecular formula is C23H20N4O3. The number of phenolic OH excluding ortho intramolecular Hbond substituents is 1. The van der Waals surface area contributed by atoms with Gasteiger partial charge in [0.2, 0.25) is 0 Å². The second-order valence-electron chi connectivity index (χ2n) is 7.18. The zero-order chi connectivity index (χ0) is 21.3. The van der Waals surface area contributed by atoms with Gasteiger partial charge in [0, 0.05) is 35.0 Å². The van der Waals surface area contributed by atoms with Crippen molar-refractivity contribution in [2.45, 2.75) is 19.9 Å². The number of rotatable bonds is 5. The number of nitro benzene ring substituents is 1. The smallest absolute Gasteiger partial charge is 0.269 e. The van der Waals surface area contributed by atoms with Gasteiger partial charge >= 0.3 is 0 Å². The normalized spacial score (nSPS) is 11.9. The van der Waals surface area contributed by atoms with E-state index < -0.39 is 11.0 Å². The molecule has 0 unspecified atom stereocenters. The van der Waals surface area contributed by atoms with Crippen molar-refractivity contribution in [1.29, 1.82) is 0 Å². The van der Waals surface area contributed by atoms with Gasteiger partial charge in [-0.15, -0.1) is 0 Å².